The number of thiophene rings is 1. The summed E-state index contributed by atoms with van der Waals surface area (Å²) < 4.78 is 0. The van der Waals surface area contributed by atoms with Gasteiger partial charge in [-0.15, -0.1) is 11.3 Å². The molecule has 2 amide bonds. The quantitative estimate of drug-likeness (QED) is 0.702. The molecule has 1 aliphatic carbocycles. The molecule has 1 aromatic carbocycles. The molecule has 0 atom stereocenters. The predicted octanol–water partition coefficient (Wildman–Crippen LogP) is 3.63. The predicted molar refractivity (Wildman–Crippen MR) is 109 cm³/mol. The van der Waals surface area contributed by atoms with E-state index in [9.17, 15) is 9.59 Å². The summed E-state index contributed by atoms with van der Waals surface area (Å²) in [5, 5.41) is 6.45. The van der Waals surface area contributed by atoms with Gasteiger partial charge in [-0.05, 0) is 55.6 Å². The zero-order valence-corrected chi connectivity index (χ0v) is 16.0. The van der Waals surface area contributed by atoms with Gasteiger partial charge in [0.25, 0.3) is 11.8 Å². The highest BCUT2D eigenvalue weighted by atomic mass is 32.1. The topological polar surface area (TPSA) is 84.2 Å². The van der Waals surface area contributed by atoms with Crippen molar-refractivity contribution in [3.8, 4) is 0 Å². The second kappa shape index (κ2) is 8.42. The lowest BCUT2D eigenvalue weighted by Crippen LogP contribution is -2.34. The Labute approximate surface area is 162 Å². The Bertz CT molecular complexity index is 831. The number of carbonyl (C=O) groups is 2. The van der Waals surface area contributed by atoms with E-state index in [-0.39, 0.29) is 11.0 Å². The zero-order valence-electron chi connectivity index (χ0n) is 14.3. The molecule has 0 bridgehead atoms. The fourth-order valence-electron chi connectivity index (χ4n) is 3.17. The van der Waals surface area contributed by atoms with Gasteiger partial charge in [0.2, 0.25) is 0 Å². The number of hydrogen-bond donors (Lipinski definition) is 3. The number of hydrogen-bond acceptors (Lipinski definition) is 4. The van der Waals surface area contributed by atoms with E-state index in [2.05, 4.69) is 10.6 Å². The van der Waals surface area contributed by atoms with Crippen molar-refractivity contribution >= 4 is 45.5 Å². The minimum absolute atomic E-state index is 0.163. The Hall–Kier alpha value is -2.25. The van der Waals surface area contributed by atoms with Gasteiger partial charge in [-0.2, -0.15) is 0 Å². The number of nitrogens with one attached hydrogen (secondary N) is 2. The number of primary amides is 1. The number of fused-ring (bicyclic) bond motifs is 1. The molecular weight excluding hydrogens is 366 g/mol. The van der Waals surface area contributed by atoms with Crippen LogP contribution >= 0.6 is 23.6 Å². The Kier molecular flexibility index (Phi) is 6.00. The van der Waals surface area contributed by atoms with Crippen molar-refractivity contribution in [1.82, 2.24) is 5.32 Å². The lowest BCUT2D eigenvalue weighted by Gasteiger charge is -2.11. The Morgan fingerprint density at radius 3 is 2.42 bits per heavy atom. The van der Waals surface area contributed by atoms with E-state index in [0.717, 1.165) is 31.2 Å². The molecule has 1 heterocycles. The summed E-state index contributed by atoms with van der Waals surface area (Å²) in [6.07, 6.45) is 6.35. The van der Waals surface area contributed by atoms with Crippen LogP contribution in [0.25, 0.3) is 0 Å². The molecule has 0 aliphatic heterocycles. The summed E-state index contributed by atoms with van der Waals surface area (Å²) in [4.78, 5) is 25.5. The number of amides is 2. The number of thiocarbonyl (C=S) groups is 1. The van der Waals surface area contributed by atoms with Crippen LogP contribution in [0.5, 0.6) is 0 Å². The number of rotatable bonds is 3. The van der Waals surface area contributed by atoms with E-state index in [1.165, 1.54) is 29.1 Å². The van der Waals surface area contributed by atoms with Gasteiger partial charge < -0.3 is 11.1 Å². The first kappa shape index (κ1) is 18.5. The van der Waals surface area contributed by atoms with Gasteiger partial charge in [0.05, 0.1) is 5.56 Å². The van der Waals surface area contributed by atoms with Gasteiger partial charge in [0.1, 0.15) is 5.00 Å². The first-order valence-electron chi connectivity index (χ1n) is 8.68. The van der Waals surface area contributed by atoms with E-state index in [4.69, 9.17) is 18.0 Å². The second-order valence-corrected chi connectivity index (χ2v) is 7.77. The normalized spacial score (nSPS) is 13.8. The SMILES string of the molecule is NC(=O)c1c(NC(=S)NC(=O)c2ccccc2)sc2c1CCCCCC2. The number of aryl methyl sites for hydroxylation is 1. The standard InChI is InChI=1S/C19H21N3O2S2/c20-16(23)15-13-10-6-1-2-7-11-14(13)26-18(15)22-19(25)21-17(24)12-8-4-3-5-9-12/h3-5,8-9H,1-2,6-7,10-11H2,(H2,20,23)(H2,21,22,24,25). The third kappa shape index (κ3) is 4.28. The molecule has 0 saturated heterocycles. The summed E-state index contributed by atoms with van der Waals surface area (Å²) >= 11 is 6.78. The highest BCUT2D eigenvalue weighted by Gasteiger charge is 2.23. The molecule has 0 radical (unpaired) electrons. The number of benzene rings is 1. The van der Waals surface area contributed by atoms with Crippen molar-refractivity contribution in [2.45, 2.75) is 38.5 Å². The maximum Gasteiger partial charge on any atom is 0.257 e. The number of anilines is 1. The monoisotopic (exact) mass is 387 g/mol. The highest BCUT2D eigenvalue weighted by Crippen LogP contribution is 2.36. The van der Waals surface area contributed by atoms with E-state index >= 15 is 0 Å². The van der Waals surface area contributed by atoms with Crippen molar-refractivity contribution in [2.24, 2.45) is 5.73 Å². The molecule has 136 valence electrons. The maximum atomic E-state index is 12.2. The molecule has 5 nitrogen and oxygen atoms in total. The summed E-state index contributed by atoms with van der Waals surface area (Å²) in [5.41, 5.74) is 7.72. The fourth-order valence-corrected chi connectivity index (χ4v) is 4.73. The molecule has 0 spiro atoms. The smallest absolute Gasteiger partial charge is 0.257 e. The van der Waals surface area contributed by atoms with Crippen molar-refractivity contribution in [3.05, 3.63) is 51.9 Å². The highest BCUT2D eigenvalue weighted by molar-refractivity contribution is 7.80. The lowest BCUT2D eigenvalue weighted by molar-refractivity contribution is 0.0975. The lowest BCUT2D eigenvalue weighted by atomic mass is 9.96. The first-order chi connectivity index (χ1) is 12.6. The summed E-state index contributed by atoms with van der Waals surface area (Å²) in [5.74, 6) is -0.749. The van der Waals surface area contributed by atoms with Crippen molar-refractivity contribution < 1.29 is 9.59 Å². The maximum absolute atomic E-state index is 12.2. The molecule has 4 N–H and O–H groups in total. The van der Waals surface area contributed by atoms with Crippen LogP contribution in [0, 0.1) is 0 Å². The van der Waals surface area contributed by atoms with Crippen LogP contribution in [0.2, 0.25) is 0 Å². The molecule has 2 aromatic rings. The molecule has 0 unspecified atom stereocenters. The van der Waals surface area contributed by atoms with Crippen LogP contribution in [-0.4, -0.2) is 16.9 Å². The molecule has 0 fully saturated rings. The van der Waals surface area contributed by atoms with Gasteiger partial charge in [-0.1, -0.05) is 31.0 Å². The number of nitrogens with two attached hydrogens (primary N) is 1. The van der Waals surface area contributed by atoms with Gasteiger partial charge in [0.15, 0.2) is 5.11 Å². The average Bonchev–Trinajstić information content (AvgIpc) is 2.92. The van der Waals surface area contributed by atoms with E-state index in [1.54, 1.807) is 24.3 Å². The minimum atomic E-state index is -0.456. The molecule has 7 heteroatoms. The van der Waals surface area contributed by atoms with Gasteiger partial charge in [0, 0.05) is 10.4 Å². The van der Waals surface area contributed by atoms with Gasteiger partial charge in [-0.3, -0.25) is 14.9 Å². The van der Waals surface area contributed by atoms with E-state index < -0.39 is 5.91 Å². The Balaban J connectivity index is 1.78. The van der Waals surface area contributed by atoms with Crippen LogP contribution in [-0.2, 0) is 12.8 Å². The minimum Gasteiger partial charge on any atom is -0.365 e. The third-order valence-corrected chi connectivity index (χ3v) is 5.82. The third-order valence-electron chi connectivity index (χ3n) is 4.41. The van der Waals surface area contributed by atoms with Crippen LogP contribution < -0.4 is 16.4 Å². The average molecular weight is 388 g/mol. The summed E-state index contributed by atoms with van der Waals surface area (Å²) in [6, 6.07) is 8.84. The second-order valence-electron chi connectivity index (χ2n) is 6.26. The van der Waals surface area contributed by atoms with E-state index in [0.29, 0.717) is 16.1 Å². The largest absolute Gasteiger partial charge is 0.365 e. The zero-order chi connectivity index (χ0) is 18.5. The first-order valence-corrected chi connectivity index (χ1v) is 9.90. The molecule has 1 aromatic heterocycles. The van der Waals surface area contributed by atoms with Crippen LogP contribution in [0.4, 0.5) is 5.00 Å². The molecule has 1 aliphatic rings. The summed E-state index contributed by atoms with van der Waals surface area (Å²) in [7, 11) is 0. The van der Waals surface area contributed by atoms with Crippen molar-refractivity contribution in [1.29, 1.82) is 0 Å². The Morgan fingerprint density at radius 1 is 1.04 bits per heavy atom. The molecule has 0 saturated carbocycles. The molecule has 3 rings (SSSR count). The van der Waals surface area contributed by atoms with Gasteiger partial charge >= 0.3 is 0 Å². The fraction of sp³-hybridized carbons (Fsp3) is 0.316. The summed E-state index contributed by atoms with van der Waals surface area (Å²) in [6.45, 7) is 0. The number of carbonyl (C=O) groups excluding carboxylic acids is 2. The Morgan fingerprint density at radius 2 is 1.73 bits per heavy atom. The van der Waals surface area contributed by atoms with Crippen molar-refractivity contribution in [2.75, 3.05) is 5.32 Å². The van der Waals surface area contributed by atoms with Crippen LogP contribution in [0.3, 0.4) is 0 Å². The molecule has 26 heavy (non-hydrogen) atoms. The van der Waals surface area contributed by atoms with Crippen LogP contribution in [0.15, 0.2) is 30.3 Å². The molecular formula is C19H21N3O2S2. The van der Waals surface area contributed by atoms with Gasteiger partial charge in [-0.25, -0.2) is 0 Å². The van der Waals surface area contributed by atoms with E-state index in [1.807, 2.05) is 6.07 Å². The van der Waals surface area contributed by atoms with Crippen molar-refractivity contribution in [3.63, 3.8) is 0 Å². The van der Waals surface area contributed by atoms with Crippen LogP contribution in [0.1, 0.15) is 56.8 Å².